The van der Waals surface area contributed by atoms with Gasteiger partial charge >= 0.3 is 0 Å². The summed E-state index contributed by atoms with van der Waals surface area (Å²) in [4.78, 5) is 2.56. The van der Waals surface area contributed by atoms with Crippen molar-refractivity contribution in [1.82, 2.24) is 4.90 Å². The molecule has 128 valence electrons. The Kier molecular flexibility index (Phi) is 6.42. The highest BCUT2D eigenvalue weighted by molar-refractivity contribution is 5.22. The minimum absolute atomic E-state index is 1.00. The van der Waals surface area contributed by atoms with Gasteiger partial charge < -0.3 is 0 Å². The molecule has 3 rings (SSSR count). The van der Waals surface area contributed by atoms with E-state index in [0.717, 1.165) is 26.1 Å². The van der Waals surface area contributed by atoms with Gasteiger partial charge in [0.1, 0.15) is 0 Å². The molecule has 1 nitrogen and oxygen atoms in total. The molecule has 0 spiro atoms. The van der Waals surface area contributed by atoms with Crippen LogP contribution in [0, 0.1) is 6.92 Å². The normalized spacial score (nSPS) is 11.0. The molecule has 0 N–H and O–H groups in total. The second-order valence-corrected chi connectivity index (χ2v) is 6.77. The molecule has 0 saturated carbocycles. The number of nitrogens with zero attached hydrogens (tertiary/aromatic N) is 1. The maximum Gasteiger partial charge on any atom is 0.0237 e. The summed E-state index contributed by atoms with van der Waals surface area (Å²) in [7, 11) is 0. The van der Waals surface area contributed by atoms with E-state index in [1.54, 1.807) is 0 Å². The Morgan fingerprint density at radius 2 is 1.12 bits per heavy atom. The van der Waals surface area contributed by atoms with E-state index >= 15 is 0 Å². The Morgan fingerprint density at radius 1 is 0.600 bits per heavy atom. The second-order valence-electron chi connectivity index (χ2n) is 6.77. The lowest BCUT2D eigenvalue weighted by atomic mass is 10.1. The molecule has 25 heavy (non-hydrogen) atoms. The lowest BCUT2D eigenvalue weighted by molar-refractivity contribution is 0.253. The van der Waals surface area contributed by atoms with Crippen LogP contribution in [0.25, 0.3) is 0 Å². The fraction of sp³-hybridized carbons (Fsp3) is 0.250. The highest BCUT2D eigenvalue weighted by atomic mass is 15.1. The summed E-state index contributed by atoms with van der Waals surface area (Å²) < 4.78 is 0. The zero-order chi connectivity index (χ0) is 17.3. The Morgan fingerprint density at radius 3 is 1.72 bits per heavy atom. The van der Waals surface area contributed by atoms with Crippen LogP contribution >= 0.6 is 0 Å². The first kappa shape index (κ1) is 17.4. The third kappa shape index (κ3) is 5.88. The molecule has 0 radical (unpaired) electrons. The molecule has 0 unspecified atom stereocenters. The van der Waals surface area contributed by atoms with E-state index in [-0.39, 0.29) is 0 Å². The van der Waals surface area contributed by atoms with Crippen LogP contribution < -0.4 is 0 Å². The highest BCUT2D eigenvalue weighted by Gasteiger charge is 2.07. The molecule has 3 aromatic carbocycles. The van der Waals surface area contributed by atoms with Gasteiger partial charge in [-0.1, -0.05) is 90.5 Å². The molecule has 3 aromatic rings. The highest BCUT2D eigenvalue weighted by Crippen LogP contribution is 2.13. The van der Waals surface area contributed by atoms with Crippen LogP contribution in [0.5, 0.6) is 0 Å². The lowest BCUT2D eigenvalue weighted by Gasteiger charge is -2.23. The lowest BCUT2D eigenvalue weighted by Crippen LogP contribution is -2.24. The van der Waals surface area contributed by atoms with Gasteiger partial charge in [0.25, 0.3) is 0 Å². The van der Waals surface area contributed by atoms with Crippen molar-refractivity contribution >= 4 is 0 Å². The Hall–Kier alpha value is -2.38. The van der Waals surface area contributed by atoms with Crippen LogP contribution in [-0.4, -0.2) is 11.4 Å². The van der Waals surface area contributed by atoms with Crippen LogP contribution in [0.2, 0.25) is 0 Å². The fourth-order valence-corrected chi connectivity index (χ4v) is 3.16. The molecule has 0 saturated heterocycles. The third-order valence-electron chi connectivity index (χ3n) is 4.56. The first-order chi connectivity index (χ1) is 12.3. The number of rotatable bonds is 8. The summed E-state index contributed by atoms with van der Waals surface area (Å²) in [5, 5.41) is 0. The van der Waals surface area contributed by atoms with Crippen molar-refractivity contribution in [2.24, 2.45) is 0 Å². The minimum Gasteiger partial charge on any atom is -0.295 e. The Bertz CT molecular complexity index is 732. The molecule has 0 bridgehead atoms. The van der Waals surface area contributed by atoms with Crippen molar-refractivity contribution in [3.8, 4) is 0 Å². The molecular formula is C24H27N. The van der Waals surface area contributed by atoms with Gasteiger partial charge in [-0.05, 0) is 43.0 Å². The van der Waals surface area contributed by atoms with Gasteiger partial charge in [-0.2, -0.15) is 0 Å². The zero-order valence-corrected chi connectivity index (χ0v) is 15.1. The average Bonchev–Trinajstić information content (AvgIpc) is 2.65. The molecule has 0 aromatic heterocycles. The van der Waals surface area contributed by atoms with Crippen molar-refractivity contribution in [2.45, 2.75) is 32.9 Å². The fourth-order valence-electron chi connectivity index (χ4n) is 3.16. The molecule has 0 atom stereocenters. The van der Waals surface area contributed by atoms with E-state index in [2.05, 4.69) is 96.8 Å². The van der Waals surface area contributed by atoms with Crippen molar-refractivity contribution in [3.63, 3.8) is 0 Å². The van der Waals surface area contributed by atoms with Gasteiger partial charge in [-0.25, -0.2) is 0 Å². The molecule has 0 fully saturated rings. The van der Waals surface area contributed by atoms with E-state index in [9.17, 15) is 0 Å². The van der Waals surface area contributed by atoms with Gasteiger partial charge in [-0.15, -0.1) is 0 Å². The quantitative estimate of drug-likeness (QED) is 0.517. The van der Waals surface area contributed by atoms with E-state index in [1.165, 1.54) is 28.7 Å². The van der Waals surface area contributed by atoms with Crippen LogP contribution in [0.15, 0.2) is 84.9 Å². The summed E-state index contributed by atoms with van der Waals surface area (Å²) in [5.41, 5.74) is 5.52. The molecule has 1 heteroatoms. The molecule has 0 aliphatic carbocycles. The maximum atomic E-state index is 2.56. The third-order valence-corrected chi connectivity index (χ3v) is 4.56. The maximum absolute atomic E-state index is 2.56. The van der Waals surface area contributed by atoms with Gasteiger partial charge in [-0.3, -0.25) is 4.90 Å². The van der Waals surface area contributed by atoms with Crippen LogP contribution in [0.3, 0.4) is 0 Å². The van der Waals surface area contributed by atoms with Crippen molar-refractivity contribution < 1.29 is 0 Å². The van der Waals surface area contributed by atoms with Crippen molar-refractivity contribution in [3.05, 3.63) is 107 Å². The van der Waals surface area contributed by atoms with Crippen LogP contribution in [-0.2, 0) is 19.5 Å². The molecule has 0 aliphatic rings. The predicted molar refractivity (Wildman–Crippen MR) is 106 cm³/mol. The Labute approximate surface area is 151 Å². The number of hydrogen-bond acceptors (Lipinski definition) is 1. The van der Waals surface area contributed by atoms with E-state index < -0.39 is 0 Å². The van der Waals surface area contributed by atoms with Gasteiger partial charge in [0.05, 0.1) is 0 Å². The molecule has 0 heterocycles. The molecule has 0 aliphatic heterocycles. The zero-order valence-electron chi connectivity index (χ0n) is 15.1. The summed E-state index contributed by atoms with van der Waals surface area (Å²) in [5.74, 6) is 0. The molecule has 0 amide bonds. The van der Waals surface area contributed by atoms with Crippen molar-refractivity contribution in [2.75, 3.05) is 6.54 Å². The Balaban J connectivity index is 1.62. The smallest absolute Gasteiger partial charge is 0.0237 e. The monoisotopic (exact) mass is 329 g/mol. The number of benzene rings is 3. The first-order valence-corrected chi connectivity index (χ1v) is 9.15. The van der Waals surface area contributed by atoms with Gasteiger partial charge in [0.2, 0.25) is 0 Å². The summed E-state index contributed by atoms with van der Waals surface area (Å²) >= 11 is 0. The summed E-state index contributed by atoms with van der Waals surface area (Å²) in [6.07, 6.45) is 2.32. The topological polar surface area (TPSA) is 3.24 Å². The van der Waals surface area contributed by atoms with E-state index in [4.69, 9.17) is 0 Å². The largest absolute Gasteiger partial charge is 0.295 e. The minimum atomic E-state index is 1.00. The average molecular weight is 329 g/mol. The first-order valence-electron chi connectivity index (χ1n) is 9.15. The molecular weight excluding hydrogens is 302 g/mol. The van der Waals surface area contributed by atoms with E-state index in [0.29, 0.717) is 0 Å². The number of aryl methyl sites for hydroxylation is 2. The van der Waals surface area contributed by atoms with Crippen LogP contribution in [0.1, 0.15) is 28.7 Å². The van der Waals surface area contributed by atoms with E-state index in [1.807, 2.05) is 0 Å². The number of hydrogen-bond donors (Lipinski definition) is 0. The summed E-state index contributed by atoms with van der Waals surface area (Å²) in [6.45, 7) is 5.26. The van der Waals surface area contributed by atoms with Gasteiger partial charge in [0, 0.05) is 13.1 Å². The van der Waals surface area contributed by atoms with Crippen molar-refractivity contribution in [1.29, 1.82) is 0 Å². The standard InChI is InChI=1S/C24H27N/c1-21-14-16-24(17-15-21)20-25(19-23-11-6-3-7-12-23)18-8-13-22-9-4-2-5-10-22/h2-7,9-12,14-17H,8,13,18-20H2,1H3. The SMILES string of the molecule is Cc1ccc(CN(CCCc2ccccc2)Cc2ccccc2)cc1. The van der Waals surface area contributed by atoms with Gasteiger partial charge in [0.15, 0.2) is 0 Å². The predicted octanol–water partition coefficient (Wildman–Crippen LogP) is 5.63. The van der Waals surface area contributed by atoms with Crippen LogP contribution in [0.4, 0.5) is 0 Å². The second kappa shape index (κ2) is 9.19. The summed E-state index contributed by atoms with van der Waals surface area (Å²) in [6, 6.07) is 30.5.